The number of aliphatic hydroxyl groups excluding tert-OH is 2. The van der Waals surface area contributed by atoms with E-state index in [2.05, 4.69) is 5.32 Å². The van der Waals surface area contributed by atoms with E-state index in [4.69, 9.17) is 5.26 Å². The van der Waals surface area contributed by atoms with Crippen LogP contribution in [-0.2, 0) is 4.79 Å². The summed E-state index contributed by atoms with van der Waals surface area (Å²) in [5.74, 6) is -0.478. The molecule has 100 valence electrons. The Labute approximate surface area is 108 Å². The van der Waals surface area contributed by atoms with Gasteiger partial charge in [-0.15, -0.1) is 0 Å². The van der Waals surface area contributed by atoms with Crippen LogP contribution in [0.25, 0.3) is 0 Å². The van der Waals surface area contributed by atoms with Crippen LogP contribution in [0.2, 0.25) is 0 Å². The van der Waals surface area contributed by atoms with E-state index in [-0.39, 0.29) is 11.3 Å². The van der Waals surface area contributed by atoms with E-state index in [1.165, 1.54) is 25.1 Å². The second kappa shape index (κ2) is 5.90. The van der Waals surface area contributed by atoms with Crippen LogP contribution in [-0.4, -0.2) is 27.1 Å². The largest absolute Gasteiger partial charge is 0.385 e. The van der Waals surface area contributed by atoms with E-state index in [1.54, 1.807) is 0 Å². The number of nitrogens with one attached hydrogen (secondary N) is 1. The number of anilines is 1. The van der Waals surface area contributed by atoms with Gasteiger partial charge < -0.3 is 15.5 Å². The van der Waals surface area contributed by atoms with E-state index < -0.39 is 28.7 Å². The van der Waals surface area contributed by atoms with Crippen LogP contribution in [0.15, 0.2) is 18.2 Å². The van der Waals surface area contributed by atoms with E-state index in [0.717, 1.165) is 6.07 Å². The zero-order valence-electron chi connectivity index (χ0n) is 9.90. The molecule has 0 spiro atoms. The highest BCUT2D eigenvalue weighted by atomic mass is 16.6. The minimum atomic E-state index is -1.69. The maximum atomic E-state index is 10.9. The Hall–Kier alpha value is -2.50. The van der Waals surface area contributed by atoms with Gasteiger partial charge in [0.25, 0.3) is 5.69 Å². The number of nitro benzene ring substituents is 1. The fourth-order valence-corrected chi connectivity index (χ4v) is 1.43. The molecule has 1 aromatic rings. The third-order valence-corrected chi connectivity index (χ3v) is 2.30. The van der Waals surface area contributed by atoms with Crippen molar-refractivity contribution in [2.75, 3.05) is 5.32 Å². The van der Waals surface area contributed by atoms with Crippen molar-refractivity contribution in [1.82, 2.24) is 0 Å². The van der Waals surface area contributed by atoms with Gasteiger partial charge in [-0.3, -0.25) is 14.9 Å². The summed E-state index contributed by atoms with van der Waals surface area (Å²) in [6.07, 6.45) is -3.25. The lowest BCUT2D eigenvalue weighted by Crippen LogP contribution is -2.16. The molecule has 8 heteroatoms. The molecule has 0 saturated carbocycles. The Morgan fingerprint density at radius 1 is 1.53 bits per heavy atom. The monoisotopic (exact) mass is 265 g/mol. The number of hydrogen-bond acceptors (Lipinski definition) is 6. The molecular formula is C11H11N3O5. The average molecular weight is 265 g/mol. The molecule has 0 bridgehead atoms. The van der Waals surface area contributed by atoms with E-state index in [1.807, 2.05) is 0 Å². The lowest BCUT2D eigenvalue weighted by atomic mass is 10.0. The van der Waals surface area contributed by atoms with Crippen LogP contribution in [0.3, 0.4) is 0 Å². The SMILES string of the molecule is CC(=O)Nc1ccc(C(O)C(O)C#N)cc1[N+](=O)[O-]. The number of carbonyl (C=O) groups excluding carboxylic acids is 1. The molecular weight excluding hydrogens is 254 g/mol. The zero-order chi connectivity index (χ0) is 14.6. The van der Waals surface area contributed by atoms with E-state index in [0.29, 0.717) is 0 Å². The van der Waals surface area contributed by atoms with Gasteiger partial charge >= 0.3 is 0 Å². The minimum Gasteiger partial charge on any atom is -0.385 e. The Morgan fingerprint density at radius 2 is 2.16 bits per heavy atom. The number of nitro groups is 1. The van der Waals surface area contributed by atoms with Gasteiger partial charge in [-0.2, -0.15) is 5.26 Å². The third kappa shape index (κ3) is 3.48. The summed E-state index contributed by atoms with van der Waals surface area (Å²) in [5, 5.41) is 40.4. The first-order chi connectivity index (χ1) is 8.86. The van der Waals surface area contributed by atoms with Gasteiger partial charge in [-0.05, 0) is 11.6 Å². The molecule has 0 fully saturated rings. The van der Waals surface area contributed by atoms with Crippen LogP contribution in [0.5, 0.6) is 0 Å². The molecule has 1 rings (SSSR count). The Balaban J connectivity index is 3.20. The van der Waals surface area contributed by atoms with Crippen molar-refractivity contribution in [1.29, 1.82) is 5.26 Å². The number of nitrogens with zero attached hydrogens (tertiary/aromatic N) is 2. The summed E-state index contributed by atoms with van der Waals surface area (Å²) in [5.41, 5.74) is -0.452. The molecule has 8 nitrogen and oxygen atoms in total. The Kier molecular flexibility index (Phi) is 4.52. The Morgan fingerprint density at radius 3 is 2.63 bits per heavy atom. The van der Waals surface area contributed by atoms with Gasteiger partial charge in [0.2, 0.25) is 5.91 Å². The van der Waals surface area contributed by atoms with Gasteiger partial charge in [-0.25, -0.2) is 0 Å². The summed E-state index contributed by atoms with van der Waals surface area (Å²) >= 11 is 0. The number of nitriles is 1. The zero-order valence-corrected chi connectivity index (χ0v) is 9.90. The molecule has 0 saturated heterocycles. The van der Waals surface area contributed by atoms with Crippen molar-refractivity contribution in [2.45, 2.75) is 19.1 Å². The number of aliphatic hydroxyl groups is 2. The Bertz CT molecular complexity index is 552. The maximum Gasteiger partial charge on any atom is 0.293 e. The van der Waals surface area contributed by atoms with Crippen LogP contribution in [0.4, 0.5) is 11.4 Å². The van der Waals surface area contributed by atoms with Gasteiger partial charge in [0.15, 0.2) is 6.10 Å². The van der Waals surface area contributed by atoms with Crippen LogP contribution in [0.1, 0.15) is 18.6 Å². The number of amides is 1. The topological polar surface area (TPSA) is 136 Å². The fraction of sp³-hybridized carbons (Fsp3) is 0.273. The molecule has 2 unspecified atom stereocenters. The van der Waals surface area contributed by atoms with E-state index in [9.17, 15) is 25.1 Å². The van der Waals surface area contributed by atoms with E-state index >= 15 is 0 Å². The van der Waals surface area contributed by atoms with Crippen LogP contribution in [0, 0.1) is 21.4 Å². The maximum absolute atomic E-state index is 10.9. The van der Waals surface area contributed by atoms with Crippen LogP contribution >= 0.6 is 0 Å². The lowest BCUT2D eigenvalue weighted by molar-refractivity contribution is -0.384. The van der Waals surface area contributed by atoms with Crippen molar-refractivity contribution < 1.29 is 19.9 Å². The van der Waals surface area contributed by atoms with Crippen molar-refractivity contribution >= 4 is 17.3 Å². The highest BCUT2D eigenvalue weighted by molar-refractivity contribution is 5.91. The number of benzene rings is 1. The van der Waals surface area contributed by atoms with Gasteiger partial charge in [0, 0.05) is 13.0 Å². The normalized spacial score (nSPS) is 13.2. The summed E-state index contributed by atoms with van der Waals surface area (Å²) in [7, 11) is 0. The molecule has 0 aliphatic heterocycles. The van der Waals surface area contributed by atoms with Gasteiger partial charge in [0.05, 0.1) is 11.0 Å². The first-order valence-corrected chi connectivity index (χ1v) is 5.18. The first-order valence-electron chi connectivity index (χ1n) is 5.18. The summed E-state index contributed by atoms with van der Waals surface area (Å²) < 4.78 is 0. The summed E-state index contributed by atoms with van der Waals surface area (Å²) in [4.78, 5) is 21.0. The lowest BCUT2D eigenvalue weighted by Gasteiger charge is -2.13. The molecule has 0 aromatic heterocycles. The second-order valence-corrected chi connectivity index (χ2v) is 3.73. The number of carbonyl (C=O) groups is 1. The van der Waals surface area contributed by atoms with Crippen molar-refractivity contribution in [3.63, 3.8) is 0 Å². The smallest absolute Gasteiger partial charge is 0.293 e. The molecule has 19 heavy (non-hydrogen) atoms. The molecule has 1 amide bonds. The third-order valence-electron chi connectivity index (χ3n) is 2.30. The van der Waals surface area contributed by atoms with Crippen molar-refractivity contribution in [3.8, 4) is 6.07 Å². The molecule has 0 aliphatic rings. The fourth-order valence-electron chi connectivity index (χ4n) is 1.43. The molecule has 0 heterocycles. The predicted octanol–water partition coefficient (Wildman–Crippen LogP) is 0.471. The first kappa shape index (κ1) is 14.6. The van der Waals surface area contributed by atoms with Crippen molar-refractivity contribution in [3.05, 3.63) is 33.9 Å². The second-order valence-electron chi connectivity index (χ2n) is 3.73. The molecule has 2 atom stereocenters. The number of hydrogen-bond donors (Lipinski definition) is 3. The minimum absolute atomic E-state index is 0.00912. The highest BCUT2D eigenvalue weighted by Gasteiger charge is 2.22. The predicted molar refractivity (Wildman–Crippen MR) is 64.0 cm³/mol. The van der Waals surface area contributed by atoms with Crippen LogP contribution < -0.4 is 5.32 Å². The standard InChI is InChI=1S/C11H11N3O5/c1-6(15)13-8-3-2-7(4-9(8)14(18)19)11(17)10(16)5-12/h2-4,10-11,16-17H,1H3,(H,13,15). The quantitative estimate of drug-likeness (QED) is 0.411. The summed E-state index contributed by atoms with van der Waals surface area (Å²) in [6, 6.07) is 4.93. The average Bonchev–Trinajstić information content (AvgIpc) is 2.36. The highest BCUT2D eigenvalue weighted by Crippen LogP contribution is 2.29. The molecule has 0 aliphatic carbocycles. The van der Waals surface area contributed by atoms with Gasteiger partial charge in [-0.1, -0.05) is 6.07 Å². The summed E-state index contributed by atoms with van der Waals surface area (Å²) in [6.45, 7) is 1.20. The number of rotatable bonds is 4. The molecule has 0 radical (unpaired) electrons. The van der Waals surface area contributed by atoms with Gasteiger partial charge in [0.1, 0.15) is 11.8 Å². The molecule has 3 N–H and O–H groups in total. The molecule has 1 aromatic carbocycles. The van der Waals surface area contributed by atoms with Crippen molar-refractivity contribution in [2.24, 2.45) is 0 Å².